The number of imidazole rings is 1. The van der Waals surface area contributed by atoms with Crippen molar-refractivity contribution in [3.05, 3.63) is 11.5 Å². The van der Waals surface area contributed by atoms with Gasteiger partial charge < -0.3 is 18.8 Å². The van der Waals surface area contributed by atoms with Gasteiger partial charge in [-0.05, 0) is 33.4 Å². The molecule has 150 valence electrons. The summed E-state index contributed by atoms with van der Waals surface area (Å²) in [7, 11) is 0. The molecule has 5 rings (SSSR count). The maximum Gasteiger partial charge on any atom is 0.315 e. The van der Waals surface area contributed by atoms with E-state index in [0.29, 0.717) is 34.5 Å². The van der Waals surface area contributed by atoms with Crippen LogP contribution in [0.4, 0.5) is 0 Å². The number of thioether (sulfide) groups is 1. The fourth-order valence-corrected chi connectivity index (χ4v) is 5.49. The Morgan fingerprint density at radius 1 is 1.43 bits per heavy atom. The quantitative estimate of drug-likeness (QED) is 0.320. The minimum absolute atomic E-state index is 0.0431. The van der Waals surface area contributed by atoms with Crippen molar-refractivity contribution >= 4 is 40.5 Å². The Kier molecular flexibility index (Phi) is 4.01. The van der Waals surface area contributed by atoms with Crippen LogP contribution in [-0.2, 0) is 19.0 Å². The standard InChI is InChI=1S/C18H21ClN4O4S/c1-5-25-15(24)18-6-8(18)10(11-12(18)27-17(2,3)26-11)23-7-20-9-13(19)21-16(28-4)22-14(9)23/h7-8,10-12H,5-6H2,1-4H3/t8-,10-,11+,12+,18+/m1/s1. The first kappa shape index (κ1) is 18.6. The SMILES string of the molecule is CCOC(=O)[C@@]12C[C@@H]1[C@@H](n1cnc3c(Cl)nc(SC)nc31)[C@@H]1OC(C)(C)O[C@@H]12. The summed E-state index contributed by atoms with van der Waals surface area (Å²) in [5.41, 5.74) is 0.519. The van der Waals surface area contributed by atoms with Crippen molar-refractivity contribution in [1.29, 1.82) is 0 Å². The molecule has 3 aliphatic rings. The molecule has 2 saturated carbocycles. The zero-order valence-electron chi connectivity index (χ0n) is 16.0. The zero-order valence-corrected chi connectivity index (χ0v) is 17.6. The summed E-state index contributed by atoms with van der Waals surface area (Å²) in [5.74, 6) is -0.934. The number of rotatable bonds is 4. The van der Waals surface area contributed by atoms with E-state index in [0.717, 1.165) is 0 Å². The van der Waals surface area contributed by atoms with E-state index in [1.165, 1.54) is 11.8 Å². The van der Waals surface area contributed by atoms with Crippen LogP contribution < -0.4 is 0 Å². The first-order valence-electron chi connectivity index (χ1n) is 9.29. The van der Waals surface area contributed by atoms with Gasteiger partial charge >= 0.3 is 5.97 Å². The summed E-state index contributed by atoms with van der Waals surface area (Å²) < 4.78 is 19.8. The number of aromatic nitrogens is 4. The lowest BCUT2D eigenvalue weighted by Gasteiger charge is -2.24. The molecule has 0 amide bonds. The highest BCUT2D eigenvalue weighted by molar-refractivity contribution is 7.98. The molecule has 2 aromatic heterocycles. The molecule has 0 N–H and O–H groups in total. The van der Waals surface area contributed by atoms with Crippen LogP contribution in [0.1, 0.15) is 33.2 Å². The second-order valence-electron chi connectivity index (χ2n) is 7.91. The van der Waals surface area contributed by atoms with E-state index in [9.17, 15) is 4.79 Å². The predicted octanol–water partition coefficient (Wildman–Crippen LogP) is 2.85. The number of halogens is 1. The van der Waals surface area contributed by atoms with E-state index in [4.69, 9.17) is 25.8 Å². The van der Waals surface area contributed by atoms with Crippen LogP contribution in [0.25, 0.3) is 11.2 Å². The molecule has 8 nitrogen and oxygen atoms in total. The summed E-state index contributed by atoms with van der Waals surface area (Å²) >= 11 is 7.73. The molecule has 5 atom stereocenters. The Hall–Kier alpha value is -1.42. The molecule has 28 heavy (non-hydrogen) atoms. The lowest BCUT2D eigenvalue weighted by molar-refractivity contribution is -0.172. The van der Waals surface area contributed by atoms with Crippen molar-refractivity contribution in [2.24, 2.45) is 11.3 Å². The average molecular weight is 425 g/mol. The molecule has 10 heteroatoms. The lowest BCUT2D eigenvalue weighted by atomic mass is 9.99. The third-order valence-electron chi connectivity index (χ3n) is 5.96. The molecule has 2 aliphatic carbocycles. The van der Waals surface area contributed by atoms with Crippen LogP contribution in [0, 0.1) is 11.3 Å². The maximum atomic E-state index is 12.9. The van der Waals surface area contributed by atoms with E-state index in [-0.39, 0.29) is 30.1 Å². The van der Waals surface area contributed by atoms with E-state index in [1.54, 1.807) is 6.33 Å². The number of esters is 1. The molecule has 3 fully saturated rings. The fourth-order valence-electron chi connectivity index (χ4n) is 4.87. The number of hydrogen-bond acceptors (Lipinski definition) is 8. The zero-order chi connectivity index (χ0) is 19.8. The lowest BCUT2D eigenvalue weighted by Crippen LogP contribution is -2.36. The van der Waals surface area contributed by atoms with Crippen LogP contribution in [0.2, 0.25) is 5.15 Å². The van der Waals surface area contributed by atoms with Crippen molar-refractivity contribution in [2.45, 2.75) is 56.4 Å². The predicted molar refractivity (Wildman–Crippen MR) is 102 cm³/mol. The summed E-state index contributed by atoms with van der Waals surface area (Å²) in [6.45, 7) is 5.90. The van der Waals surface area contributed by atoms with Crippen molar-refractivity contribution in [3.8, 4) is 0 Å². The van der Waals surface area contributed by atoms with Crippen LogP contribution in [0.3, 0.4) is 0 Å². The molecule has 1 aliphatic heterocycles. The second kappa shape index (κ2) is 6.04. The molecular formula is C18H21ClN4O4S. The van der Waals surface area contributed by atoms with Gasteiger partial charge in [0.1, 0.15) is 23.1 Å². The van der Waals surface area contributed by atoms with E-state index in [2.05, 4.69) is 15.0 Å². The average Bonchev–Trinajstić information content (AvgIpc) is 2.95. The third kappa shape index (κ3) is 2.39. The molecule has 0 unspecified atom stereocenters. The number of fused-ring (bicyclic) bond motifs is 4. The van der Waals surface area contributed by atoms with Crippen molar-refractivity contribution < 1.29 is 19.0 Å². The van der Waals surface area contributed by atoms with E-state index >= 15 is 0 Å². The minimum Gasteiger partial charge on any atom is -0.465 e. The molecule has 2 aromatic rings. The van der Waals surface area contributed by atoms with Gasteiger partial charge in [-0.15, -0.1) is 0 Å². The molecule has 0 aromatic carbocycles. The Labute approximate surface area is 171 Å². The van der Waals surface area contributed by atoms with E-state index in [1.807, 2.05) is 31.6 Å². The molecule has 0 bridgehead atoms. The normalized spacial score (nSPS) is 35.0. The molecule has 0 spiro atoms. The Bertz CT molecular complexity index is 982. The first-order chi connectivity index (χ1) is 13.3. The third-order valence-corrected chi connectivity index (χ3v) is 6.77. The Morgan fingerprint density at radius 3 is 2.93 bits per heavy atom. The monoisotopic (exact) mass is 424 g/mol. The number of carbonyl (C=O) groups excluding carboxylic acids is 1. The van der Waals surface area contributed by atoms with Crippen LogP contribution >= 0.6 is 23.4 Å². The van der Waals surface area contributed by atoms with Gasteiger partial charge in [0, 0.05) is 5.92 Å². The molecule has 1 saturated heterocycles. The fraction of sp³-hybridized carbons (Fsp3) is 0.667. The number of nitrogens with zero attached hydrogens (tertiary/aromatic N) is 4. The summed E-state index contributed by atoms with van der Waals surface area (Å²) in [6, 6.07) is -0.137. The van der Waals surface area contributed by atoms with Crippen LogP contribution in [-0.4, -0.2) is 56.3 Å². The molecule has 0 radical (unpaired) electrons. The summed E-state index contributed by atoms with van der Waals surface area (Å²) in [4.78, 5) is 26.2. The molecular weight excluding hydrogens is 404 g/mol. The highest BCUT2D eigenvalue weighted by Gasteiger charge is 2.80. The van der Waals surface area contributed by atoms with Gasteiger partial charge in [-0.1, -0.05) is 23.4 Å². The van der Waals surface area contributed by atoms with Crippen LogP contribution in [0.15, 0.2) is 11.5 Å². The van der Waals surface area contributed by atoms with Crippen molar-refractivity contribution in [3.63, 3.8) is 0 Å². The van der Waals surface area contributed by atoms with Gasteiger partial charge in [-0.25, -0.2) is 15.0 Å². The van der Waals surface area contributed by atoms with Crippen molar-refractivity contribution in [1.82, 2.24) is 19.5 Å². The number of hydrogen-bond donors (Lipinski definition) is 0. The van der Waals surface area contributed by atoms with Gasteiger partial charge in [0.15, 0.2) is 21.7 Å². The van der Waals surface area contributed by atoms with Gasteiger partial charge in [0.05, 0.1) is 19.0 Å². The van der Waals surface area contributed by atoms with Gasteiger partial charge in [0.2, 0.25) is 0 Å². The summed E-state index contributed by atoms with van der Waals surface area (Å²) in [6.07, 6.45) is 3.66. The Morgan fingerprint density at radius 2 is 2.21 bits per heavy atom. The Balaban J connectivity index is 1.62. The van der Waals surface area contributed by atoms with Gasteiger partial charge in [-0.3, -0.25) is 4.79 Å². The van der Waals surface area contributed by atoms with Gasteiger partial charge in [0.25, 0.3) is 0 Å². The second-order valence-corrected chi connectivity index (χ2v) is 9.04. The number of carbonyl (C=O) groups is 1. The molecule has 3 heterocycles. The number of ether oxygens (including phenoxy) is 3. The van der Waals surface area contributed by atoms with Gasteiger partial charge in [-0.2, -0.15) is 0 Å². The van der Waals surface area contributed by atoms with E-state index < -0.39 is 11.2 Å². The first-order valence-corrected chi connectivity index (χ1v) is 10.9. The largest absolute Gasteiger partial charge is 0.465 e. The summed E-state index contributed by atoms with van der Waals surface area (Å²) in [5, 5.41) is 0.893. The van der Waals surface area contributed by atoms with Crippen molar-refractivity contribution in [2.75, 3.05) is 12.9 Å². The highest BCUT2D eigenvalue weighted by Crippen LogP contribution is 2.72. The maximum absolute atomic E-state index is 12.9. The van der Waals surface area contributed by atoms with Crippen LogP contribution in [0.5, 0.6) is 0 Å². The topological polar surface area (TPSA) is 88.4 Å². The smallest absolute Gasteiger partial charge is 0.315 e. The highest BCUT2D eigenvalue weighted by atomic mass is 35.5. The minimum atomic E-state index is -0.770.